The molecule has 0 saturated heterocycles. The maximum Gasteiger partial charge on any atom is 0.306 e. The van der Waals surface area contributed by atoms with E-state index in [1.807, 2.05) is 0 Å². The van der Waals surface area contributed by atoms with Crippen LogP contribution in [0, 0.1) is 0 Å². The van der Waals surface area contributed by atoms with Crippen molar-refractivity contribution in [2.24, 2.45) is 0 Å². The molecular weight excluding hydrogens is 1020 g/mol. The van der Waals surface area contributed by atoms with Crippen molar-refractivity contribution in [3.05, 3.63) is 36.5 Å². The molecule has 488 valence electrons. The third-order valence-corrected chi connectivity index (χ3v) is 17.1. The number of allylic oxidation sites excluding steroid dienone is 6. The maximum absolute atomic E-state index is 12.9. The van der Waals surface area contributed by atoms with Crippen LogP contribution in [0.3, 0.4) is 0 Å². The van der Waals surface area contributed by atoms with Gasteiger partial charge in [-0.1, -0.05) is 378 Å². The minimum Gasteiger partial charge on any atom is -0.462 e. The molecule has 0 rings (SSSR count). The molecule has 1 atom stereocenters. The lowest BCUT2D eigenvalue weighted by Crippen LogP contribution is -2.30. The van der Waals surface area contributed by atoms with E-state index in [2.05, 4.69) is 57.2 Å². The monoisotopic (exact) mass is 1170 g/mol. The van der Waals surface area contributed by atoms with Gasteiger partial charge in [-0.3, -0.25) is 14.4 Å². The first kappa shape index (κ1) is 80.6. The minimum atomic E-state index is -0.774. The van der Waals surface area contributed by atoms with Crippen LogP contribution in [-0.2, 0) is 28.6 Å². The lowest BCUT2D eigenvalue weighted by molar-refractivity contribution is -0.167. The normalized spacial score (nSPS) is 12.2. The van der Waals surface area contributed by atoms with Crippen molar-refractivity contribution in [3.63, 3.8) is 0 Å². The number of esters is 3. The number of ether oxygens (including phenoxy) is 3. The quantitative estimate of drug-likeness (QED) is 0.0261. The fraction of sp³-hybridized carbons (Fsp3) is 0.883. The Morgan fingerprint density at radius 2 is 0.434 bits per heavy atom. The van der Waals surface area contributed by atoms with Gasteiger partial charge in [0.15, 0.2) is 6.10 Å². The molecular formula is C77H144O6. The average molecular weight is 1170 g/mol. The molecule has 83 heavy (non-hydrogen) atoms. The summed E-state index contributed by atoms with van der Waals surface area (Å²) in [6.45, 7) is 6.69. The van der Waals surface area contributed by atoms with Crippen LogP contribution in [0.1, 0.15) is 419 Å². The summed E-state index contributed by atoms with van der Waals surface area (Å²) in [5, 5.41) is 0. The van der Waals surface area contributed by atoms with E-state index >= 15 is 0 Å². The zero-order valence-electron chi connectivity index (χ0n) is 56.2. The van der Waals surface area contributed by atoms with Gasteiger partial charge in [-0.25, -0.2) is 0 Å². The first-order chi connectivity index (χ1) is 41.0. The Kier molecular flexibility index (Phi) is 70.0. The van der Waals surface area contributed by atoms with E-state index in [0.717, 1.165) is 77.0 Å². The molecule has 0 radical (unpaired) electrons. The van der Waals surface area contributed by atoms with Gasteiger partial charge in [-0.15, -0.1) is 0 Å². The van der Waals surface area contributed by atoms with Gasteiger partial charge in [0.05, 0.1) is 0 Å². The van der Waals surface area contributed by atoms with Gasteiger partial charge >= 0.3 is 17.9 Å². The maximum atomic E-state index is 12.9. The van der Waals surface area contributed by atoms with Crippen molar-refractivity contribution >= 4 is 17.9 Å². The third kappa shape index (κ3) is 70.3. The summed E-state index contributed by atoms with van der Waals surface area (Å²) in [5.74, 6) is -0.848. The summed E-state index contributed by atoms with van der Waals surface area (Å²) in [7, 11) is 0. The second-order valence-electron chi connectivity index (χ2n) is 25.6. The summed E-state index contributed by atoms with van der Waals surface area (Å²) in [6.07, 6.45) is 90.6. The highest BCUT2D eigenvalue weighted by atomic mass is 16.6. The van der Waals surface area contributed by atoms with E-state index in [0.29, 0.717) is 19.3 Å². The fourth-order valence-electron chi connectivity index (χ4n) is 11.5. The van der Waals surface area contributed by atoms with Crippen molar-refractivity contribution in [2.75, 3.05) is 13.2 Å². The molecule has 0 aromatic carbocycles. The summed E-state index contributed by atoms with van der Waals surface area (Å²) in [6, 6.07) is 0. The number of hydrogen-bond acceptors (Lipinski definition) is 6. The largest absolute Gasteiger partial charge is 0.462 e. The Morgan fingerprint density at radius 3 is 0.675 bits per heavy atom. The van der Waals surface area contributed by atoms with Crippen LogP contribution in [0.2, 0.25) is 0 Å². The van der Waals surface area contributed by atoms with Gasteiger partial charge in [0.1, 0.15) is 13.2 Å². The highest BCUT2D eigenvalue weighted by Gasteiger charge is 2.20. The summed E-state index contributed by atoms with van der Waals surface area (Å²) < 4.78 is 17.0. The Labute approximate surface area is 518 Å². The topological polar surface area (TPSA) is 78.9 Å². The third-order valence-electron chi connectivity index (χ3n) is 17.1. The molecule has 0 aromatic rings. The van der Waals surface area contributed by atoms with Crippen LogP contribution in [-0.4, -0.2) is 37.2 Å². The number of unbranched alkanes of at least 4 members (excludes halogenated alkanes) is 53. The molecule has 0 aliphatic heterocycles. The van der Waals surface area contributed by atoms with Crippen molar-refractivity contribution in [2.45, 2.75) is 425 Å². The fourth-order valence-corrected chi connectivity index (χ4v) is 11.5. The van der Waals surface area contributed by atoms with E-state index in [4.69, 9.17) is 14.2 Å². The minimum absolute atomic E-state index is 0.0695. The summed E-state index contributed by atoms with van der Waals surface area (Å²) in [4.78, 5) is 38.4. The van der Waals surface area contributed by atoms with Crippen molar-refractivity contribution in [1.82, 2.24) is 0 Å². The number of carbonyl (C=O) groups is 3. The van der Waals surface area contributed by atoms with Crippen LogP contribution < -0.4 is 0 Å². The van der Waals surface area contributed by atoms with Crippen LogP contribution in [0.25, 0.3) is 0 Å². The summed E-state index contributed by atoms with van der Waals surface area (Å²) >= 11 is 0. The standard InChI is InChI=1S/C77H144O6/c1-4-7-10-13-16-19-22-24-26-28-30-32-34-35-36-37-38-39-40-41-43-44-46-48-50-52-55-58-61-64-67-70-76(79)82-73-74(72-81-75(78)69-66-63-60-57-54-21-18-15-12-9-6-3)83-77(80)71-68-65-62-59-56-53-51-49-47-45-42-33-31-29-27-25-23-20-17-14-11-8-5-2/h23,25,29,31,42,45,74H,4-22,24,26-28,30,32-41,43-44,46-73H2,1-3H3/b25-23-,31-29-,45-42-. The lowest BCUT2D eigenvalue weighted by atomic mass is 10.0. The molecule has 6 nitrogen and oxygen atoms in total. The molecule has 0 bridgehead atoms. The van der Waals surface area contributed by atoms with E-state index in [9.17, 15) is 14.4 Å². The Balaban J connectivity index is 4.12. The number of hydrogen-bond donors (Lipinski definition) is 0. The zero-order valence-corrected chi connectivity index (χ0v) is 56.2. The van der Waals surface area contributed by atoms with E-state index < -0.39 is 6.10 Å². The summed E-state index contributed by atoms with van der Waals surface area (Å²) in [5.41, 5.74) is 0. The van der Waals surface area contributed by atoms with E-state index in [1.165, 1.54) is 302 Å². The van der Waals surface area contributed by atoms with Gasteiger partial charge in [0.25, 0.3) is 0 Å². The highest BCUT2D eigenvalue weighted by molar-refractivity contribution is 5.71. The predicted octanol–water partition coefficient (Wildman–Crippen LogP) is 25.9. The zero-order chi connectivity index (χ0) is 59.9. The predicted molar refractivity (Wildman–Crippen MR) is 362 cm³/mol. The molecule has 0 fully saturated rings. The Morgan fingerprint density at radius 1 is 0.241 bits per heavy atom. The molecule has 0 aliphatic carbocycles. The van der Waals surface area contributed by atoms with Crippen molar-refractivity contribution < 1.29 is 28.6 Å². The SMILES string of the molecule is CCCCCCC/C=C\C/C=C\C/C=C\CCCCCCCCCCC(=O)OC(COC(=O)CCCCCCCCCCCCC)COC(=O)CCCCCCCCCCCCCCCCCCCCCCCCCCCCCCCCC. The van der Waals surface area contributed by atoms with E-state index in [-0.39, 0.29) is 31.1 Å². The Hall–Kier alpha value is -2.37. The van der Waals surface area contributed by atoms with Gasteiger partial charge < -0.3 is 14.2 Å². The molecule has 0 heterocycles. The van der Waals surface area contributed by atoms with Gasteiger partial charge in [-0.2, -0.15) is 0 Å². The second-order valence-corrected chi connectivity index (χ2v) is 25.6. The molecule has 0 aliphatic rings. The first-order valence-corrected chi connectivity index (χ1v) is 37.5. The van der Waals surface area contributed by atoms with Crippen LogP contribution in [0.15, 0.2) is 36.5 Å². The number of carbonyl (C=O) groups excluding carboxylic acids is 3. The molecule has 0 N–H and O–H groups in total. The molecule has 0 saturated carbocycles. The van der Waals surface area contributed by atoms with Gasteiger partial charge in [0.2, 0.25) is 0 Å². The molecule has 6 heteroatoms. The van der Waals surface area contributed by atoms with Gasteiger partial charge in [0, 0.05) is 19.3 Å². The Bertz CT molecular complexity index is 1380. The van der Waals surface area contributed by atoms with Gasteiger partial charge in [-0.05, 0) is 57.8 Å². The molecule has 0 spiro atoms. The van der Waals surface area contributed by atoms with Crippen LogP contribution >= 0.6 is 0 Å². The molecule has 0 amide bonds. The smallest absolute Gasteiger partial charge is 0.306 e. The van der Waals surface area contributed by atoms with Crippen LogP contribution in [0.4, 0.5) is 0 Å². The van der Waals surface area contributed by atoms with Crippen LogP contribution in [0.5, 0.6) is 0 Å². The number of rotatable bonds is 70. The van der Waals surface area contributed by atoms with E-state index in [1.54, 1.807) is 0 Å². The lowest BCUT2D eigenvalue weighted by Gasteiger charge is -2.18. The molecule has 0 aromatic heterocycles. The second kappa shape index (κ2) is 72.1. The van der Waals surface area contributed by atoms with Crippen molar-refractivity contribution in [3.8, 4) is 0 Å². The van der Waals surface area contributed by atoms with Crippen molar-refractivity contribution in [1.29, 1.82) is 0 Å². The first-order valence-electron chi connectivity index (χ1n) is 37.5. The average Bonchev–Trinajstić information content (AvgIpc) is 3.48. The molecule has 1 unspecified atom stereocenters. The highest BCUT2D eigenvalue weighted by Crippen LogP contribution is 2.19.